The molecule has 1 aromatic carbocycles. The van der Waals surface area contributed by atoms with E-state index in [4.69, 9.17) is 10.8 Å². The lowest BCUT2D eigenvalue weighted by molar-refractivity contribution is 0.102. The number of nitrogens with two attached hydrogens (primary N) is 1. The Morgan fingerprint density at radius 3 is 2.69 bits per heavy atom. The van der Waals surface area contributed by atoms with Crippen LogP contribution in [-0.2, 0) is 0 Å². The Morgan fingerprint density at radius 2 is 1.97 bits per heavy atom. The predicted molar refractivity (Wildman–Crippen MR) is 121 cm³/mol. The molecule has 0 spiro atoms. The zero-order valence-corrected chi connectivity index (χ0v) is 17.3. The number of rotatable bonds is 4. The van der Waals surface area contributed by atoms with Crippen LogP contribution in [0.2, 0.25) is 0 Å². The summed E-state index contributed by atoms with van der Waals surface area (Å²) in [4.78, 5) is 25.2. The van der Waals surface area contributed by atoms with E-state index < -0.39 is 0 Å². The van der Waals surface area contributed by atoms with E-state index in [2.05, 4.69) is 25.6 Å². The van der Waals surface area contributed by atoms with E-state index in [-0.39, 0.29) is 11.9 Å². The molecule has 6 rings (SSSR count). The fourth-order valence-corrected chi connectivity index (χ4v) is 4.92. The van der Waals surface area contributed by atoms with Crippen LogP contribution < -0.4 is 16.4 Å². The molecular weight excluding hydrogens is 404 g/mol. The van der Waals surface area contributed by atoms with E-state index in [1.165, 1.54) is 12.7 Å². The molecule has 9 nitrogen and oxygen atoms in total. The monoisotopic (exact) mass is 426 g/mol. The van der Waals surface area contributed by atoms with Gasteiger partial charge in [0.05, 0.1) is 11.4 Å². The van der Waals surface area contributed by atoms with Crippen molar-refractivity contribution in [3.05, 3.63) is 60.7 Å². The summed E-state index contributed by atoms with van der Waals surface area (Å²) in [6.07, 6.45) is 5.36. The third kappa shape index (κ3) is 3.09. The Bertz CT molecular complexity index is 1300. The number of carbonyl (C=O) groups excluding carboxylic acids is 1. The summed E-state index contributed by atoms with van der Waals surface area (Å²) < 4.78 is 2.02. The molecule has 1 saturated heterocycles. The normalized spacial score (nSPS) is 21.8. The number of nitrogens with one attached hydrogen (secondary N) is 2. The van der Waals surface area contributed by atoms with Crippen molar-refractivity contribution in [3.8, 4) is 11.3 Å². The minimum Gasteiger partial charge on any atom is -0.383 e. The first-order chi connectivity index (χ1) is 15.7. The van der Waals surface area contributed by atoms with E-state index in [0.29, 0.717) is 29.2 Å². The predicted octanol–water partition coefficient (Wildman–Crippen LogP) is 2.65. The van der Waals surface area contributed by atoms with Gasteiger partial charge in [-0.25, -0.2) is 14.6 Å². The number of anilines is 2. The number of nitrogen functional groups attached to an aromatic ring is 1. The number of hydrogen-bond donors (Lipinski definition) is 3. The van der Waals surface area contributed by atoms with Crippen LogP contribution in [0.15, 0.2) is 55.0 Å². The number of aromatic nitrogens is 5. The van der Waals surface area contributed by atoms with Crippen molar-refractivity contribution in [2.45, 2.75) is 24.9 Å². The van der Waals surface area contributed by atoms with Crippen molar-refractivity contribution < 1.29 is 4.79 Å². The molecule has 4 aromatic rings. The minimum atomic E-state index is -0.255. The lowest BCUT2D eigenvalue weighted by Crippen LogP contribution is -2.35. The Morgan fingerprint density at radius 1 is 1.09 bits per heavy atom. The number of amides is 1. The molecule has 3 aromatic heterocycles. The third-order valence-corrected chi connectivity index (χ3v) is 6.44. The molecular formula is C23H22N8O. The van der Waals surface area contributed by atoms with E-state index in [1.54, 1.807) is 24.4 Å². The highest BCUT2D eigenvalue weighted by Gasteiger charge is 2.42. The quantitative estimate of drug-likeness (QED) is 0.458. The van der Waals surface area contributed by atoms with Gasteiger partial charge in [-0.3, -0.25) is 9.78 Å². The summed E-state index contributed by atoms with van der Waals surface area (Å²) in [5.41, 5.74) is 9.71. The molecule has 9 heteroatoms. The third-order valence-electron chi connectivity index (χ3n) is 6.44. The van der Waals surface area contributed by atoms with Crippen molar-refractivity contribution in [1.82, 2.24) is 30.0 Å². The van der Waals surface area contributed by atoms with Gasteiger partial charge in [-0.2, -0.15) is 5.10 Å². The van der Waals surface area contributed by atoms with Crippen molar-refractivity contribution >= 4 is 28.4 Å². The lowest BCUT2D eigenvalue weighted by Gasteiger charge is -2.23. The first-order valence-corrected chi connectivity index (χ1v) is 10.7. The molecule has 2 aliphatic rings. The van der Waals surface area contributed by atoms with Crippen molar-refractivity contribution in [2.75, 3.05) is 17.6 Å². The van der Waals surface area contributed by atoms with Gasteiger partial charge < -0.3 is 16.4 Å². The maximum atomic E-state index is 12.4. The lowest BCUT2D eigenvalue weighted by atomic mass is 10.1. The molecule has 160 valence electrons. The van der Waals surface area contributed by atoms with E-state index in [1.807, 2.05) is 28.9 Å². The number of benzene rings is 1. The zero-order valence-electron chi connectivity index (χ0n) is 17.3. The molecule has 3 atom stereocenters. The van der Waals surface area contributed by atoms with Crippen LogP contribution in [0.3, 0.4) is 0 Å². The summed E-state index contributed by atoms with van der Waals surface area (Å²) in [6.45, 7) is 1.08. The zero-order chi connectivity index (χ0) is 21.7. The molecule has 3 unspecified atom stereocenters. The molecule has 1 aliphatic carbocycles. The van der Waals surface area contributed by atoms with Gasteiger partial charge in [0.2, 0.25) is 0 Å². The Balaban J connectivity index is 1.34. The number of pyridine rings is 1. The van der Waals surface area contributed by atoms with Crippen LogP contribution in [0.25, 0.3) is 22.3 Å². The molecule has 1 amide bonds. The maximum Gasteiger partial charge on any atom is 0.274 e. The van der Waals surface area contributed by atoms with Crippen molar-refractivity contribution in [1.29, 1.82) is 0 Å². The summed E-state index contributed by atoms with van der Waals surface area (Å²) in [5, 5.41) is 12.2. The second-order valence-corrected chi connectivity index (χ2v) is 8.42. The number of fused-ring (bicyclic) bond motifs is 3. The Hall–Kier alpha value is -3.85. The van der Waals surface area contributed by atoms with Crippen molar-refractivity contribution in [3.63, 3.8) is 0 Å². The van der Waals surface area contributed by atoms with Crippen LogP contribution in [0.1, 0.15) is 29.4 Å². The number of carbonyl (C=O) groups is 1. The van der Waals surface area contributed by atoms with Gasteiger partial charge in [-0.1, -0.05) is 18.2 Å². The number of hydrogen-bond acceptors (Lipinski definition) is 7. The largest absolute Gasteiger partial charge is 0.383 e. The van der Waals surface area contributed by atoms with Crippen LogP contribution in [-0.4, -0.2) is 43.2 Å². The summed E-state index contributed by atoms with van der Waals surface area (Å²) in [5.74, 6) is 0.850. The second-order valence-electron chi connectivity index (χ2n) is 8.42. The molecule has 4 heterocycles. The fraction of sp³-hybridized carbons (Fsp3) is 0.261. The first kappa shape index (κ1) is 18.9. The molecule has 32 heavy (non-hydrogen) atoms. The number of nitrogens with zero attached hydrogens (tertiary/aromatic N) is 5. The highest BCUT2D eigenvalue weighted by Crippen LogP contribution is 2.42. The summed E-state index contributed by atoms with van der Waals surface area (Å²) in [6, 6.07) is 13.4. The number of piperidine rings is 1. The standard InChI is InChI=1S/C23H22N8O/c24-21-19-20(14-4-6-15(7-5-14)29-23(32)16-3-1-2-8-25-16)30-31(22(19)28-12-27-21)18-10-13-9-17(18)26-11-13/h1-8,12-13,17-18,26H,9-11H2,(H,29,32)(H2,24,27,28). The average Bonchev–Trinajstić information content (AvgIpc) is 3.55. The highest BCUT2D eigenvalue weighted by atomic mass is 16.1. The van der Waals surface area contributed by atoms with Gasteiger partial charge in [0.15, 0.2) is 5.65 Å². The van der Waals surface area contributed by atoms with Crippen LogP contribution >= 0.6 is 0 Å². The van der Waals surface area contributed by atoms with Crippen molar-refractivity contribution in [2.24, 2.45) is 5.92 Å². The maximum absolute atomic E-state index is 12.4. The van der Waals surface area contributed by atoms with Crippen LogP contribution in [0.5, 0.6) is 0 Å². The van der Waals surface area contributed by atoms with Gasteiger partial charge >= 0.3 is 0 Å². The van der Waals surface area contributed by atoms with Gasteiger partial charge in [0.1, 0.15) is 23.5 Å². The Labute approximate surface area is 184 Å². The van der Waals surface area contributed by atoms with E-state index in [0.717, 1.165) is 35.3 Å². The van der Waals surface area contributed by atoms with Gasteiger partial charge in [0.25, 0.3) is 5.91 Å². The van der Waals surface area contributed by atoms with Crippen LogP contribution in [0, 0.1) is 5.92 Å². The topological polar surface area (TPSA) is 124 Å². The smallest absolute Gasteiger partial charge is 0.274 e. The molecule has 2 bridgehead atoms. The summed E-state index contributed by atoms with van der Waals surface area (Å²) in [7, 11) is 0. The van der Waals surface area contributed by atoms with E-state index in [9.17, 15) is 4.79 Å². The van der Waals surface area contributed by atoms with Gasteiger partial charge in [0, 0.05) is 23.5 Å². The average molecular weight is 426 g/mol. The molecule has 4 N–H and O–H groups in total. The summed E-state index contributed by atoms with van der Waals surface area (Å²) >= 11 is 0. The molecule has 2 fully saturated rings. The molecule has 1 aliphatic heterocycles. The SMILES string of the molecule is Nc1ncnc2c1c(-c1ccc(NC(=O)c3ccccn3)cc1)nn2C1CC2CNC1C2. The van der Waals surface area contributed by atoms with Gasteiger partial charge in [-0.15, -0.1) is 0 Å². The second kappa shape index (κ2) is 7.38. The van der Waals surface area contributed by atoms with Crippen LogP contribution in [0.4, 0.5) is 11.5 Å². The minimum absolute atomic E-state index is 0.255. The van der Waals surface area contributed by atoms with Gasteiger partial charge in [-0.05, 0) is 49.6 Å². The molecule has 1 saturated carbocycles. The highest BCUT2D eigenvalue weighted by molar-refractivity contribution is 6.03. The Kier molecular flexibility index (Phi) is 4.36. The molecule has 0 radical (unpaired) electrons. The van der Waals surface area contributed by atoms with E-state index >= 15 is 0 Å². The first-order valence-electron chi connectivity index (χ1n) is 10.7. The fourth-order valence-electron chi connectivity index (χ4n) is 4.92.